The lowest BCUT2D eigenvalue weighted by molar-refractivity contribution is -0.238. The maximum absolute atomic E-state index is 11.4. The molecule has 25 heavy (non-hydrogen) atoms. The highest BCUT2D eigenvalue weighted by atomic mass is 32.2. The molecule has 0 saturated carbocycles. The summed E-state index contributed by atoms with van der Waals surface area (Å²) in [7, 11) is 0. The van der Waals surface area contributed by atoms with Crippen molar-refractivity contribution in [3.05, 3.63) is 0 Å². The molecule has 1 fully saturated rings. The second-order valence-electron chi connectivity index (χ2n) is 5.17. The molecule has 0 aromatic heterocycles. The van der Waals surface area contributed by atoms with Gasteiger partial charge in [0.15, 0.2) is 23.7 Å². The van der Waals surface area contributed by atoms with E-state index >= 15 is 0 Å². The van der Waals surface area contributed by atoms with E-state index in [4.69, 9.17) is 23.7 Å². The third-order valence-electron chi connectivity index (χ3n) is 3.05. The zero-order valence-corrected chi connectivity index (χ0v) is 14.9. The van der Waals surface area contributed by atoms with Crippen molar-refractivity contribution >= 4 is 35.9 Å². The molecule has 1 N–H and O–H groups in total. The molecule has 0 bridgehead atoms. The molecule has 0 unspecified atom stereocenters. The molecule has 1 rings (SSSR count). The van der Waals surface area contributed by atoms with Gasteiger partial charge in [-0.3, -0.25) is 19.2 Å². The standard InChI is InChI=1S/C14H20O10S/c1-6(15)20-5-10-11(21-7(2)16)12(22-8(3)17)13(23-9(4)18)14(24-10)25-19/h10-14,19H,5H2,1-4H3/t10-,11-,12+,13+,14+/m1/s1. The maximum atomic E-state index is 11.4. The Labute approximate surface area is 148 Å². The maximum Gasteiger partial charge on any atom is 0.303 e. The Hall–Kier alpha value is -1.85. The second-order valence-corrected chi connectivity index (χ2v) is 5.85. The zero-order valence-electron chi connectivity index (χ0n) is 14.1. The van der Waals surface area contributed by atoms with E-state index in [0.29, 0.717) is 0 Å². The summed E-state index contributed by atoms with van der Waals surface area (Å²) in [6.45, 7) is 4.21. The number of hydrogen-bond acceptors (Lipinski definition) is 11. The fourth-order valence-electron chi connectivity index (χ4n) is 2.27. The molecule has 11 heteroatoms. The van der Waals surface area contributed by atoms with Gasteiger partial charge >= 0.3 is 23.9 Å². The Morgan fingerprint density at radius 3 is 1.76 bits per heavy atom. The summed E-state index contributed by atoms with van der Waals surface area (Å²) in [6, 6.07) is 0. The van der Waals surface area contributed by atoms with E-state index in [0.717, 1.165) is 20.8 Å². The number of carbonyl (C=O) groups is 4. The van der Waals surface area contributed by atoms with Crippen LogP contribution in [0.1, 0.15) is 27.7 Å². The van der Waals surface area contributed by atoms with Crippen molar-refractivity contribution in [2.24, 2.45) is 0 Å². The average Bonchev–Trinajstić information content (AvgIpc) is 2.48. The Kier molecular flexibility index (Phi) is 8.13. The van der Waals surface area contributed by atoms with Crippen molar-refractivity contribution in [1.29, 1.82) is 0 Å². The van der Waals surface area contributed by atoms with E-state index in [-0.39, 0.29) is 18.6 Å². The first kappa shape index (κ1) is 21.2. The number of rotatable bonds is 6. The fourth-order valence-corrected chi connectivity index (χ4v) is 2.80. The first-order chi connectivity index (χ1) is 11.6. The van der Waals surface area contributed by atoms with Gasteiger partial charge in [-0.15, -0.1) is 0 Å². The second kappa shape index (κ2) is 9.59. The van der Waals surface area contributed by atoms with Gasteiger partial charge in [-0.05, 0) is 0 Å². The van der Waals surface area contributed by atoms with Crippen LogP contribution < -0.4 is 0 Å². The van der Waals surface area contributed by atoms with E-state index in [1.807, 2.05) is 0 Å². The molecular formula is C14H20O10S. The molecule has 1 heterocycles. The molecule has 5 atom stereocenters. The van der Waals surface area contributed by atoms with Gasteiger partial charge in [0.2, 0.25) is 0 Å². The molecule has 1 saturated heterocycles. The first-order valence-corrected chi connectivity index (χ1v) is 8.10. The van der Waals surface area contributed by atoms with Gasteiger partial charge in [-0.2, -0.15) is 0 Å². The van der Waals surface area contributed by atoms with Crippen LogP contribution in [0, 0.1) is 0 Å². The first-order valence-electron chi connectivity index (χ1n) is 7.26. The van der Waals surface area contributed by atoms with E-state index in [1.165, 1.54) is 6.92 Å². The lowest BCUT2D eigenvalue weighted by Gasteiger charge is -2.43. The summed E-state index contributed by atoms with van der Waals surface area (Å²) in [5.74, 6) is -2.77. The average molecular weight is 380 g/mol. The molecule has 0 radical (unpaired) electrons. The van der Waals surface area contributed by atoms with Gasteiger partial charge < -0.3 is 28.2 Å². The topological polar surface area (TPSA) is 135 Å². The molecule has 0 aromatic carbocycles. The van der Waals surface area contributed by atoms with Crippen molar-refractivity contribution in [1.82, 2.24) is 0 Å². The van der Waals surface area contributed by atoms with Crippen molar-refractivity contribution in [2.45, 2.75) is 57.5 Å². The molecule has 10 nitrogen and oxygen atoms in total. The van der Waals surface area contributed by atoms with E-state index in [2.05, 4.69) is 0 Å². The largest absolute Gasteiger partial charge is 0.463 e. The number of ether oxygens (including phenoxy) is 5. The van der Waals surface area contributed by atoms with Gasteiger partial charge in [0, 0.05) is 39.7 Å². The van der Waals surface area contributed by atoms with E-state index in [1.54, 1.807) is 0 Å². The number of hydrogen-bond donors (Lipinski definition) is 1. The minimum absolute atomic E-state index is 0.214. The minimum Gasteiger partial charge on any atom is -0.463 e. The molecule has 0 aromatic rings. The predicted octanol–water partition coefficient (Wildman–Crippen LogP) is 0.276. The summed E-state index contributed by atoms with van der Waals surface area (Å²) in [5.41, 5.74) is -1.15. The van der Waals surface area contributed by atoms with Crippen molar-refractivity contribution in [3.63, 3.8) is 0 Å². The highest BCUT2D eigenvalue weighted by Crippen LogP contribution is 2.33. The fraction of sp³-hybridized carbons (Fsp3) is 0.714. The van der Waals surface area contributed by atoms with Crippen LogP contribution in [0.4, 0.5) is 0 Å². The van der Waals surface area contributed by atoms with Crippen molar-refractivity contribution in [2.75, 3.05) is 6.61 Å². The number of carbonyl (C=O) groups excluding carboxylic acids is 4. The summed E-state index contributed by atoms with van der Waals surface area (Å²) in [6.07, 6.45) is -4.76. The summed E-state index contributed by atoms with van der Waals surface area (Å²) in [4.78, 5) is 45.2. The van der Waals surface area contributed by atoms with Crippen LogP contribution in [0.3, 0.4) is 0 Å². The van der Waals surface area contributed by atoms with E-state index in [9.17, 15) is 23.7 Å². The summed E-state index contributed by atoms with van der Waals surface area (Å²) >= 11 is 0.214. The van der Waals surface area contributed by atoms with Gasteiger partial charge in [0.05, 0.1) is 0 Å². The summed E-state index contributed by atoms with van der Waals surface area (Å²) in [5, 5.41) is 0. The van der Waals surface area contributed by atoms with Crippen LogP contribution in [0.15, 0.2) is 0 Å². The molecule has 0 amide bonds. The molecule has 0 spiro atoms. The Morgan fingerprint density at radius 2 is 1.32 bits per heavy atom. The van der Waals surface area contributed by atoms with Gasteiger partial charge in [0.1, 0.15) is 12.7 Å². The lowest BCUT2D eigenvalue weighted by Crippen LogP contribution is -2.61. The Balaban J connectivity index is 3.18. The third kappa shape index (κ3) is 6.52. The molecule has 1 aliphatic heterocycles. The smallest absolute Gasteiger partial charge is 0.303 e. The SMILES string of the molecule is CC(=O)OC[C@H]1O[C@@H](SO)[C@@H](OC(C)=O)[C@@H](OC(C)=O)[C@@H]1OC(C)=O. The molecular weight excluding hydrogens is 360 g/mol. The minimum atomic E-state index is -1.26. The van der Waals surface area contributed by atoms with Crippen molar-refractivity contribution in [3.8, 4) is 0 Å². The quantitative estimate of drug-likeness (QED) is 0.386. The van der Waals surface area contributed by atoms with Gasteiger partial charge in [0.25, 0.3) is 0 Å². The number of esters is 4. The zero-order chi connectivity index (χ0) is 19.1. The molecule has 1 aliphatic rings. The van der Waals surface area contributed by atoms with Crippen LogP contribution >= 0.6 is 12.0 Å². The molecule has 0 aliphatic carbocycles. The van der Waals surface area contributed by atoms with Crippen LogP contribution in [0.25, 0.3) is 0 Å². The monoisotopic (exact) mass is 380 g/mol. The lowest BCUT2D eigenvalue weighted by atomic mass is 9.99. The highest BCUT2D eigenvalue weighted by molar-refractivity contribution is 7.94. The summed E-state index contributed by atoms with van der Waals surface area (Å²) < 4.78 is 35.2. The van der Waals surface area contributed by atoms with Crippen LogP contribution in [0.2, 0.25) is 0 Å². The van der Waals surface area contributed by atoms with Gasteiger partial charge in [-0.1, -0.05) is 0 Å². The van der Waals surface area contributed by atoms with Crippen LogP contribution in [-0.4, -0.2) is 64.9 Å². The van der Waals surface area contributed by atoms with Gasteiger partial charge in [-0.25, -0.2) is 0 Å². The third-order valence-corrected chi connectivity index (χ3v) is 3.64. The van der Waals surface area contributed by atoms with E-state index < -0.39 is 53.7 Å². The van der Waals surface area contributed by atoms with Crippen LogP contribution in [0.5, 0.6) is 0 Å². The predicted molar refractivity (Wildman–Crippen MR) is 82.2 cm³/mol. The van der Waals surface area contributed by atoms with Crippen molar-refractivity contribution < 1.29 is 47.4 Å². The molecule has 142 valence electrons. The van der Waals surface area contributed by atoms with Crippen LogP contribution in [-0.2, 0) is 42.9 Å². The Bertz CT molecular complexity index is 522. The highest BCUT2D eigenvalue weighted by Gasteiger charge is 2.52. The normalized spacial score (nSPS) is 28.6. The Morgan fingerprint density at radius 1 is 0.840 bits per heavy atom.